The van der Waals surface area contributed by atoms with Crippen molar-refractivity contribution in [2.75, 3.05) is 22.9 Å². The van der Waals surface area contributed by atoms with Gasteiger partial charge in [-0.3, -0.25) is 14.5 Å². The van der Waals surface area contributed by atoms with Gasteiger partial charge in [0, 0.05) is 41.4 Å². The first kappa shape index (κ1) is 26.7. The standard InChI is InChI=1S/C31H36ClN3O2/c1-21-9-8-12-26(22(21)2)35(28(36)18-20-34-19-17-23-10-6-7-11-27(23)34)29(30(37)33-31(3,4)5)24-13-15-25(32)16-14-24/h6-16,29H,17-20H2,1-5H3,(H,33,37)/t29-/m1/s1. The molecule has 0 bridgehead atoms. The maximum absolute atomic E-state index is 14.1. The monoisotopic (exact) mass is 517 g/mol. The van der Waals surface area contributed by atoms with Crippen LogP contribution in [0.1, 0.15) is 55.5 Å². The SMILES string of the molecule is Cc1cccc(N(C(=O)CCN2CCc3ccccc32)[C@@H](C(=O)NC(C)(C)C)c2ccc(Cl)cc2)c1C. The van der Waals surface area contributed by atoms with Gasteiger partial charge in [0.1, 0.15) is 6.04 Å². The number of aryl methyl sites for hydroxylation is 1. The number of benzene rings is 3. The molecule has 0 spiro atoms. The van der Waals surface area contributed by atoms with Gasteiger partial charge in [-0.1, -0.05) is 54.1 Å². The first-order valence-corrected chi connectivity index (χ1v) is 13.2. The zero-order chi connectivity index (χ0) is 26.7. The largest absolute Gasteiger partial charge is 0.370 e. The summed E-state index contributed by atoms with van der Waals surface area (Å²) in [5.74, 6) is -0.322. The van der Waals surface area contributed by atoms with Crippen LogP contribution in [-0.4, -0.2) is 30.4 Å². The van der Waals surface area contributed by atoms with E-state index in [1.165, 1.54) is 11.3 Å². The van der Waals surface area contributed by atoms with E-state index in [1.807, 2.05) is 71.0 Å². The molecule has 4 rings (SSSR count). The van der Waals surface area contributed by atoms with Gasteiger partial charge in [-0.05, 0) is 87.6 Å². The average Bonchev–Trinajstić information content (AvgIpc) is 3.26. The number of carbonyl (C=O) groups is 2. The van der Waals surface area contributed by atoms with Crippen LogP contribution in [-0.2, 0) is 16.0 Å². The van der Waals surface area contributed by atoms with Crippen LogP contribution in [0, 0.1) is 13.8 Å². The zero-order valence-corrected chi connectivity index (χ0v) is 23.1. The van der Waals surface area contributed by atoms with Gasteiger partial charge in [0.2, 0.25) is 11.8 Å². The average molecular weight is 518 g/mol. The summed E-state index contributed by atoms with van der Waals surface area (Å²) in [6, 6.07) is 20.6. The highest BCUT2D eigenvalue weighted by molar-refractivity contribution is 6.30. The lowest BCUT2D eigenvalue weighted by Crippen LogP contribution is -2.50. The summed E-state index contributed by atoms with van der Waals surface area (Å²) < 4.78 is 0. The van der Waals surface area contributed by atoms with Gasteiger partial charge >= 0.3 is 0 Å². The number of fused-ring (bicyclic) bond motifs is 1. The lowest BCUT2D eigenvalue weighted by molar-refractivity contribution is -0.127. The molecule has 1 aliphatic heterocycles. The number of nitrogens with one attached hydrogen (secondary N) is 1. The van der Waals surface area contributed by atoms with Crippen LogP contribution in [0.3, 0.4) is 0 Å². The van der Waals surface area contributed by atoms with E-state index in [9.17, 15) is 9.59 Å². The molecule has 0 unspecified atom stereocenters. The van der Waals surface area contributed by atoms with E-state index in [0.717, 1.165) is 29.8 Å². The third kappa shape index (κ3) is 6.16. The number of hydrogen-bond donors (Lipinski definition) is 1. The molecule has 1 N–H and O–H groups in total. The number of para-hydroxylation sites is 1. The molecule has 0 fully saturated rings. The van der Waals surface area contributed by atoms with Crippen molar-refractivity contribution in [3.05, 3.63) is 94.0 Å². The third-order valence-electron chi connectivity index (χ3n) is 6.87. The first-order valence-electron chi connectivity index (χ1n) is 12.8. The molecule has 194 valence electrons. The number of rotatable bonds is 7. The minimum Gasteiger partial charge on any atom is -0.370 e. The number of hydrogen-bond acceptors (Lipinski definition) is 3. The van der Waals surface area contributed by atoms with Crippen LogP contribution in [0.15, 0.2) is 66.7 Å². The lowest BCUT2D eigenvalue weighted by atomic mass is 9.98. The molecule has 5 nitrogen and oxygen atoms in total. The number of halogens is 1. The highest BCUT2D eigenvalue weighted by Gasteiger charge is 2.35. The van der Waals surface area contributed by atoms with Crippen LogP contribution in [0.4, 0.5) is 11.4 Å². The maximum Gasteiger partial charge on any atom is 0.248 e. The summed E-state index contributed by atoms with van der Waals surface area (Å²) in [4.78, 5) is 31.9. The van der Waals surface area contributed by atoms with Crippen molar-refractivity contribution in [2.24, 2.45) is 0 Å². The van der Waals surface area contributed by atoms with E-state index in [4.69, 9.17) is 11.6 Å². The van der Waals surface area contributed by atoms with Crippen molar-refractivity contribution < 1.29 is 9.59 Å². The topological polar surface area (TPSA) is 52.7 Å². The van der Waals surface area contributed by atoms with Gasteiger partial charge in [-0.15, -0.1) is 0 Å². The Kier molecular flexibility index (Phi) is 7.93. The van der Waals surface area contributed by atoms with Crippen molar-refractivity contribution in [3.63, 3.8) is 0 Å². The van der Waals surface area contributed by atoms with Crippen LogP contribution >= 0.6 is 11.6 Å². The minimum atomic E-state index is -0.838. The first-order chi connectivity index (χ1) is 17.5. The highest BCUT2D eigenvalue weighted by atomic mass is 35.5. The van der Waals surface area contributed by atoms with Gasteiger partial charge in [-0.25, -0.2) is 0 Å². The normalized spacial score (nSPS) is 13.7. The van der Waals surface area contributed by atoms with Gasteiger partial charge < -0.3 is 10.2 Å². The fraction of sp³-hybridized carbons (Fsp3) is 0.355. The van der Waals surface area contributed by atoms with Crippen LogP contribution in [0.25, 0.3) is 0 Å². The lowest BCUT2D eigenvalue weighted by Gasteiger charge is -2.35. The molecule has 0 aliphatic carbocycles. The van der Waals surface area contributed by atoms with E-state index < -0.39 is 11.6 Å². The van der Waals surface area contributed by atoms with Crippen molar-refractivity contribution in [1.29, 1.82) is 0 Å². The molecular formula is C31H36ClN3O2. The predicted octanol–water partition coefficient (Wildman–Crippen LogP) is 6.40. The quantitative estimate of drug-likeness (QED) is 0.394. The number of nitrogens with zero attached hydrogens (tertiary/aromatic N) is 2. The van der Waals surface area contributed by atoms with Crippen molar-refractivity contribution in [2.45, 2.75) is 59.0 Å². The molecule has 2 amide bonds. The molecule has 0 saturated heterocycles. The van der Waals surface area contributed by atoms with Gasteiger partial charge in [-0.2, -0.15) is 0 Å². The van der Waals surface area contributed by atoms with E-state index in [-0.39, 0.29) is 18.2 Å². The molecule has 6 heteroatoms. The summed E-state index contributed by atoms with van der Waals surface area (Å²) in [6.45, 7) is 11.3. The van der Waals surface area contributed by atoms with Crippen molar-refractivity contribution in [3.8, 4) is 0 Å². The van der Waals surface area contributed by atoms with Gasteiger partial charge in [0.05, 0.1) is 0 Å². The van der Waals surface area contributed by atoms with Crippen molar-refractivity contribution >= 4 is 34.8 Å². The molecule has 0 radical (unpaired) electrons. The summed E-state index contributed by atoms with van der Waals surface area (Å²) in [7, 11) is 0. The molecule has 1 aliphatic rings. The zero-order valence-electron chi connectivity index (χ0n) is 22.3. The van der Waals surface area contributed by atoms with Crippen LogP contribution in [0.5, 0.6) is 0 Å². The highest BCUT2D eigenvalue weighted by Crippen LogP contribution is 2.34. The van der Waals surface area contributed by atoms with Crippen LogP contribution < -0.4 is 15.1 Å². The molecular weight excluding hydrogens is 482 g/mol. The third-order valence-corrected chi connectivity index (χ3v) is 7.13. The maximum atomic E-state index is 14.1. The second kappa shape index (κ2) is 11.0. The Morgan fingerprint density at radius 1 is 1.00 bits per heavy atom. The number of carbonyl (C=O) groups excluding carboxylic acids is 2. The predicted molar refractivity (Wildman–Crippen MR) is 152 cm³/mol. The fourth-order valence-electron chi connectivity index (χ4n) is 4.90. The van der Waals surface area contributed by atoms with Gasteiger partial charge in [0.25, 0.3) is 0 Å². The molecule has 0 aromatic heterocycles. The minimum absolute atomic E-state index is 0.0953. The summed E-state index contributed by atoms with van der Waals surface area (Å²) in [5.41, 5.74) is 5.54. The summed E-state index contributed by atoms with van der Waals surface area (Å²) >= 11 is 6.18. The number of amides is 2. The van der Waals surface area contributed by atoms with E-state index in [2.05, 4.69) is 28.4 Å². The van der Waals surface area contributed by atoms with Crippen molar-refractivity contribution in [1.82, 2.24) is 5.32 Å². The molecule has 3 aromatic rings. The molecule has 37 heavy (non-hydrogen) atoms. The molecule has 1 heterocycles. The smallest absolute Gasteiger partial charge is 0.248 e. The van der Waals surface area contributed by atoms with Crippen LogP contribution in [0.2, 0.25) is 5.02 Å². The Labute approximate surface area is 225 Å². The Morgan fingerprint density at radius 2 is 1.70 bits per heavy atom. The second-order valence-electron chi connectivity index (χ2n) is 10.8. The Balaban J connectivity index is 1.73. The van der Waals surface area contributed by atoms with E-state index >= 15 is 0 Å². The van der Waals surface area contributed by atoms with E-state index in [0.29, 0.717) is 17.1 Å². The second-order valence-corrected chi connectivity index (χ2v) is 11.2. The van der Waals surface area contributed by atoms with Gasteiger partial charge in [0.15, 0.2) is 0 Å². The summed E-state index contributed by atoms with van der Waals surface area (Å²) in [5, 5.41) is 3.69. The Bertz CT molecular complexity index is 1280. The fourth-order valence-corrected chi connectivity index (χ4v) is 5.03. The molecule has 3 aromatic carbocycles. The Hall–Kier alpha value is -3.31. The number of anilines is 2. The van der Waals surface area contributed by atoms with E-state index in [1.54, 1.807) is 17.0 Å². The molecule has 0 saturated carbocycles. The Morgan fingerprint density at radius 3 is 2.41 bits per heavy atom. The molecule has 1 atom stereocenters. The summed E-state index contributed by atoms with van der Waals surface area (Å²) in [6.07, 6.45) is 1.26.